The Morgan fingerprint density at radius 2 is 2.13 bits per heavy atom. The number of nitrogens with one attached hydrogen (secondary N) is 2. The van der Waals surface area contributed by atoms with Crippen molar-refractivity contribution in [3.05, 3.63) is 17.3 Å². The Kier molecular flexibility index (Phi) is 2.45. The number of anilines is 1. The largest absolute Gasteiger partial charge is 0.382 e. The van der Waals surface area contributed by atoms with Crippen LogP contribution in [0.2, 0.25) is 0 Å². The van der Waals surface area contributed by atoms with E-state index in [0.29, 0.717) is 5.82 Å². The van der Waals surface area contributed by atoms with Crippen molar-refractivity contribution >= 4 is 5.82 Å². The van der Waals surface area contributed by atoms with Crippen molar-refractivity contribution in [3.63, 3.8) is 0 Å². The zero-order valence-electron chi connectivity index (χ0n) is 8.96. The van der Waals surface area contributed by atoms with Gasteiger partial charge in [-0.1, -0.05) is 13.3 Å². The summed E-state index contributed by atoms with van der Waals surface area (Å²) in [5.41, 5.74) is 9.68. The van der Waals surface area contributed by atoms with E-state index in [0.717, 1.165) is 35.5 Å². The zero-order chi connectivity index (χ0) is 10.8. The first-order chi connectivity index (χ1) is 7.22. The molecule has 80 valence electrons. The Labute approximate surface area is 88.1 Å². The first-order valence-corrected chi connectivity index (χ1v) is 5.07. The maximum Gasteiger partial charge on any atom is 0.149 e. The van der Waals surface area contributed by atoms with Crippen LogP contribution < -0.4 is 5.73 Å². The van der Waals surface area contributed by atoms with Crippen LogP contribution in [0.25, 0.3) is 11.4 Å². The second kappa shape index (κ2) is 3.76. The first-order valence-electron chi connectivity index (χ1n) is 5.07. The van der Waals surface area contributed by atoms with Crippen molar-refractivity contribution in [3.8, 4) is 11.4 Å². The lowest BCUT2D eigenvalue weighted by Gasteiger charge is -1.98. The normalized spacial score (nSPS) is 10.8. The second-order valence-electron chi connectivity index (χ2n) is 3.65. The predicted octanol–water partition coefficient (Wildman–Crippen LogP) is 1.64. The molecule has 0 saturated carbocycles. The van der Waals surface area contributed by atoms with Crippen molar-refractivity contribution in [1.29, 1.82) is 0 Å². The van der Waals surface area contributed by atoms with E-state index in [2.05, 4.69) is 27.3 Å². The van der Waals surface area contributed by atoms with Gasteiger partial charge in [0.05, 0.1) is 5.69 Å². The van der Waals surface area contributed by atoms with Crippen LogP contribution in [0, 0.1) is 6.92 Å². The van der Waals surface area contributed by atoms with Gasteiger partial charge < -0.3 is 5.73 Å². The average Bonchev–Trinajstić information content (AvgIpc) is 2.76. The number of hydrogen-bond acceptors (Lipinski definition) is 3. The average molecular weight is 205 g/mol. The molecule has 2 aromatic rings. The Balaban J connectivity index is 2.43. The maximum absolute atomic E-state index is 5.79. The molecule has 0 aliphatic carbocycles. The topological polar surface area (TPSA) is 83.4 Å². The van der Waals surface area contributed by atoms with Gasteiger partial charge in [0.1, 0.15) is 11.5 Å². The van der Waals surface area contributed by atoms with Crippen molar-refractivity contribution in [2.75, 3.05) is 5.73 Å². The monoisotopic (exact) mass is 205 g/mol. The van der Waals surface area contributed by atoms with Gasteiger partial charge in [-0.05, 0) is 19.4 Å². The second-order valence-corrected chi connectivity index (χ2v) is 3.65. The summed E-state index contributed by atoms with van der Waals surface area (Å²) in [7, 11) is 0. The van der Waals surface area contributed by atoms with E-state index in [4.69, 9.17) is 5.73 Å². The molecular formula is C10H15N5. The Morgan fingerprint density at radius 3 is 2.73 bits per heavy atom. The lowest BCUT2D eigenvalue weighted by atomic mass is 10.1. The molecule has 0 bridgehead atoms. The van der Waals surface area contributed by atoms with Crippen molar-refractivity contribution < 1.29 is 0 Å². The number of rotatable bonds is 3. The van der Waals surface area contributed by atoms with Crippen LogP contribution in [0.1, 0.15) is 24.6 Å². The number of hydrogen-bond donors (Lipinski definition) is 3. The maximum atomic E-state index is 5.79. The van der Waals surface area contributed by atoms with E-state index in [9.17, 15) is 0 Å². The molecule has 0 fully saturated rings. The van der Waals surface area contributed by atoms with Gasteiger partial charge in [-0.2, -0.15) is 10.2 Å². The zero-order valence-corrected chi connectivity index (χ0v) is 8.96. The molecule has 0 unspecified atom stereocenters. The number of aromatic nitrogens is 4. The van der Waals surface area contributed by atoms with Gasteiger partial charge in [0.25, 0.3) is 0 Å². The molecule has 0 saturated heterocycles. The summed E-state index contributed by atoms with van der Waals surface area (Å²) in [5.74, 6) is 0.576. The van der Waals surface area contributed by atoms with E-state index in [-0.39, 0.29) is 0 Å². The van der Waals surface area contributed by atoms with Crippen LogP contribution in [-0.4, -0.2) is 20.4 Å². The van der Waals surface area contributed by atoms with E-state index in [1.54, 1.807) is 0 Å². The smallest absolute Gasteiger partial charge is 0.149 e. The minimum Gasteiger partial charge on any atom is -0.382 e. The van der Waals surface area contributed by atoms with E-state index >= 15 is 0 Å². The van der Waals surface area contributed by atoms with E-state index in [1.165, 1.54) is 0 Å². The molecule has 0 atom stereocenters. The molecule has 4 N–H and O–H groups in total. The van der Waals surface area contributed by atoms with Crippen molar-refractivity contribution in [1.82, 2.24) is 20.4 Å². The summed E-state index contributed by atoms with van der Waals surface area (Å²) in [6.07, 6.45) is 1.96. The van der Waals surface area contributed by atoms with Gasteiger partial charge in [0.15, 0.2) is 0 Å². The molecule has 5 heteroatoms. The molecule has 0 radical (unpaired) electrons. The number of aryl methyl sites for hydroxylation is 1. The molecule has 0 aromatic carbocycles. The molecule has 2 rings (SSSR count). The van der Waals surface area contributed by atoms with Crippen molar-refractivity contribution in [2.24, 2.45) is 0 Å². The SMILES string of the molecule is CCCc1c(N)n[nH]c1-c1cc(C)[nH]n1. The van der Waals surface area contributed by atoms with Gasteiger partial charge in [-0.3, -0.25) is 10.2 Å². The number of nitrogen functional groups attached to an aromatic ring is 1. The van der Waals surface area contributed by atoms with Gasteiger partial charge in [-0.15, -0.1) is 0 Å². The third kappa shape index (κ3) is 1.72. The lowest BCUT2D eigenvalue weighted by Crippen LogP contribution is -1.92. The number of nitrogens with zero attached hydrogens (tertiary/aromatic N) is 2. The number of nitrogens with two attached hydrogens (primary N) is 1. The third-order valence-electron chi connectivity index (χ3n) is 2.36. The van der Waals surface area contributed by atoms with Crippen LogP contribution in [0.3, 0.4) is 0 Å². The summed E-state index contributed by atoms with van der Waals surface area (Å²) >= 11 is 0. The summed E-state index contributed by atoms with van der Waals surface area (Å²) in [6.45, 7) is 4.09. The molecule has 5 nitrogen and oxygen atoms in total. The first kappa shape index (κ1) is 9.76. The molecule has 2 heterocycles. The van der Waals surface area contributed by atoms with Crippen LogP contribution in [-0.2, 0) is 6.42 Å². The fourth-order valence-corrected chi connectivity index (χ4v) is 1.64. The van der Waals surface area contributed by atoms with Gasteiger partial charge >= 0.3 is 0 Å². The highest BCUT2D eigenvalue weighted by Crippen LogP contribution is 2.25. The Morgan fingerprint density at radius 1 is 1.33 bits per heavy atom. The van der Waals surface area contributed by atoms with Crippen LogP contribution >= 0.6 is 0 Å². The summed E-state index contributed by atoms with van der Waals surface area (Å²) in [5, 5.41) is 14.0. The fourth-order valence-electron chi connectivity index (χ4n) is 1.64. The summed E-state index contributed by atoms with van der Waals surface area (Å²) in [6, 6.07) is 1.98. The molecule has 0 aliphatic rings. The summed E-state index contributed by atoms with van der Waals surface area (Å²) < 4.78 is 0. The minimum absolute atomic E-state index is 0.576. The molecule has 2 aromatic heterocycles. The van der Waals surface area contributed by atoms with Crippen LogP contribution in [0.15, 0.2) is 6.07 Å². The molecule has 15 heavy (non-hydrogen) atoms. The highest BCUT2D eigenvalue weighted by molar-refractivity contribution is 5.64. The molecule has 0 aliphatic heterocycles. The Bertz CT molecular complexity index is 454. The van der Waals surface area contributed by atoms with Gasteiger partial charge in [-0.25, -0.2) is 0 Å². The lowest BCUT2D eigenvalue weighted by molar-refractivity contribution is 0.925. The highest BCUT2D eigenvalue weighted by atomic mass is 15.2. The third-order valence-corrected chi connectivity index (χ3v) is 2.36. The Hall–Kier alpha value is -1.78. The number of H-pyrrole nitrogens is 2. The van der Waals surface area contributed by atoms with Crippen LogP contribution in [0.5, 0.6) is 0 Å². The van der Waals surface area contributed by atoms with Crippen LogP contribution in [0.4, 0.5) is 5.82 Å². The van der Waals surface area contributed by atoms with Gasteiger partial charge in [0.2, 0.25) is 0 Å². The highest BCUT2D eigenvalue weighted by Gasteiger charge is 2.13. The minimum atomic E-state index is 0.576. The number of aromatic amines is 2. The molecule has 0 amide bonds. The quantitative estimate of drug-likeness (QED) is 0.712. The van der Waals surface area contributed by atoms with E-state index < -0.39 is 0 Å². The van der Waals surface area contributed by atoms with Gasteiger partial charge in [0, 0.05) is 11.3 Å². The standard InChI is InChI=1S/C10H15N5/c1-3-4-7-9(14-15-10(7)11)8-5-6(2)12-13-8/h5H,3-4H2,1-2H3,(H,12,13)(H3,11,14,15). The van der Waals surface area contributed by atoms with E-state index in [1.807, 2.05) is 13.0 Å². The summed E-state index contributed by atoms with van der Waals surface area (Å²) in [4.78, 5) is 0. The molecule has 0 spiro atoms. The van der Waals surface area contributed by atoms with Crippen molar-refractivity contribution in [2.45, 2.75) is 26.7 Å². The fraction of sp³-hybridized carbons (Fsp3) is 0.400. The predicted molar refractivity (Wildman–Crippen MR) is 59.3 cm³/mol. The molecular weight excluding hydrogens is 190 g/mol.